The molecule has 3 saturated heterocycles. The summed E-state index contributed by atoms with van der Waals surface area (Å²) in [6.45, 7) is 9.11. The molecule has 3 aliphatic rings. The maximum absolute atomic E-state index is 15.1. The van der Waals surface area contributed by atoms with Gasteiger partial charge in [-0.3, -0.25) is 14.6 Å². The van der Waals surface area contributed by atoms with Crippen LogP contribution in [0.1, 0.15) is 59.3 Å². The van der Waals surface area contributed by atoms with Gasteiger partial charge in [-0.15, -0.1) is 0 Å². The number of rotatable bonds is 8. The highest BCUT2D eigenvalue weighted by Gasteiger charge is 2.45. The third kappa shape index (κ3) is 6.96. The summed E-state index contributed by atoms with van der Waals surface area (Å²) in [5.74, 6) is 0.158. The summed E-state index contributed by atoms with van der Waals surface area (Å²) in [7, 11) is 1.41. The summed E-state index contributed by atoms with van der Waals surface area (Å²) in [6, 6.07) is 0.00253. The highest BCUT2D eigenvalue weighted by atomic mass is 35.5. The molecule has 5 rings (SSSR count). The summed E-state index contributed by atoms with van der Waals surface area (Å²) in [4.78, 5) is 43.6. The number of methoxy groups -OCH3 is 1. The normalized spacial score (nSPS) is 21.6. The van der Waals surface area contributed by atoms with Gasteiger partial charge < -0.3 is 19.1 Å². The Balaban J connectivity index is 1.24. The number of likely N-dealkylation sites (tertiary alicyclic amines) is 1. The largest absolute Gasteiger partial charge is 0.468 e. The van der Waals surface area contributed by atoms with Crippen LogP contribution in [-0.4, -0.2) is 101 Å². The van der Waals surface area contributed by atoms with Crippen LogP contribution in [0.25, 0.3) is 10.9 Å². The molecule has 0 spiro atoms. The zero-order valence-corrected chi connectivity index (χ0v) is 25.5. The number of ether oxygens (including phenoxy) is 3. The first-order valence-electron chi connectivity index (χ1n) is 14.7. The van der Waals surface area contributed by atoms with Gasteiger partial charge in [-0.05, 0) is 78.3 Å². The van der Waals surface area contributed by atoms with E-state index < -0.39 is 11.4 Å². The van der Waals surface area contributed by atoms with E-state index in [2.05, 4.69) is 19.8 Å². The highest BCUT2D eigenvalue weighted by molar-refractivity contribution is 6.30. The van der Waals surface area contributed by atoms with Crippen molar-refractivity contribution in [2.75, 3.05) is 51.3 Å². The molecule has 2 atom stereocenters. The van der Waals surface area contributed by atoms with Gasteiger partial charge in [0.2, 0.25) is 0 Å². The Kier molecular flexibility index (Phi) is 9.22. The second-order valence-corrected chi connectivity index (χ2v) is 12.8. The maximum atomic E-state index is 15.1. The van der Waals surface area contributed by atoms with Crippen LogP contribution in [0.3, 0.4) is 0 Å². The maximum Gasteiger partial charge on any atom is 0.410 e. The predicted molar refractivity (Wildman–Crippen MR) is 155 cm³/mol. The van der Waals surface area contributed by atoms with E-state index in [1.165, 1.54) is 13.3 Å². The Bertz CT molecular complexity index is 1290. The number of piperidine rings is 1. The van der Waals surface area contributed by atoms with E-state index in [4.69, 9.17) is 30.8 Å². The first kappa shape index (κ1) is 30.5. The zero-order chi connectivity index (χ0) is 30.0. The van der Waals surface area contributed by atoms with Gasteiger partial charge in [0.05, 0.1) is 37.7 Å². The van der Waals surface area contributed by atoms with Crippen molar-refractivity contribution in [3.8, 4) is 6.01 Å². The van der Waals surface area contributed by atoms with E-state index >= 15 is 4.39 Å². The number of hydrogen-bond donors (Lipinski definition) is 0. The lowest BCUT2D eigenvalue weighted by atomic mass is 9.92. The molecule has 0 saturated carbocycles. The van der Waals surface area contributed by atoms with Crippen molar-refractivity contribution in [1.82, 2.24) is 24.8 Å². The molecule has 2 aromatic heterocycles. The molecule has 2 aromatic rings. The first-order chi connectivity index (χ1) is 20.0. The van der Waals surface area contributed by atoms with Crippen molar-refractivity contribution >= 4 is 40.4 Å². The highest BCUT2D eigenvalue weighted by Crippen LogP contribution is 2.37. The second-order valence-electron chi connectivity index (χ2n) is 12.4. The average Bonchev–Trinajstić information content (AvgIpc) is 3.22. The fourth-order valence-electron chi connectivity index (χ4n) is 6.21. The minimum atomic E-state index is -0.711. The van der Waals surface area contributed by atoms with Crippen LogP contribution in [0.2, 0.25) is 5.15 Å². The Morgan fingerprint density at radius 1 is 1.10 bits per heavy atom. The molecule has 3 fully saturated rings. The second kappa shape index (κ2) is 12.7. The summed E-state index contributed by atoms with van der Waals surface area (Å²) in [5.41, 5.74) is -0.512. The predicted octanol–water partition coefficient (Wildman–Crippen LogP) is 4.45. The van der Waals surface area contributed by atoms with Crippen LogP contribution in [0.15, 0.2) is 6.20 Å². The molecule has 3 aliphatic heterocycles. The summed E-state index contributed by atoms with van der Waals surface area (Å²) in [5, 5.41) is 0.194. The van der Waals surface area contributed by atoms with Gasteiger partial charge in [-0.25, -0.2) is 14.2 Å². The number of anilines is 1. The van der Waals surface area contributed by atoms with Gasteiger partial charge in [0.25, 0.3) is 0 Å². The number of carbonyl (C=O) groups excluding carboxylic acids is 2. The number of piperazine rings is 1. The third-order valence-corrected chi connectivity index (χ3v) is 8.53. The molecule has 5 heterocycles. The lowest BCUT2D eigenvalue weighted by Crippen LogP contribution is -2.57. The van der Waals surface area contributed by atoms with Crippen molar-refractivity contribution < 1.29 is 28.2 Å². The topological polar surface area (TPSA) is 110 Å². The van der Waals surface area contributed by atoms with E-state index in [9.17, 15) is 9.59 Å². The summed E-state index contributed by atoms with van der Waals surface area (Å²) >= 11 is 6.01. The standard InChI is InChI=1S/C29H40ClFN6O5/c1-29(2,3)42-28(39)37-19-7-8-20(37)16-36(15-19)26-21-14-32-25(30)23(31)24(21)33-27(34-26)41-13-5-6-18-9-11-35(12-10-18)17-22(38)40-4/h14,18-20H,5-13,15-17H2,1-4H3/t19-,20+. The zero-order valence-electron chi connectivity index (χ0n) is 24.8. The number of amides is 1. The van der Waals surface area contributed by atoms with Crippen molar-refractivity contribution in [3.05, 3.63) is 17.2 Å². The lowest BCUT2D eigenvalue weighted by molar-refractivity contribution is -0.142. The van der Waals surface area contributed by atoms with Gasteiger partial charge in [-0.1, -0.05) is 11.6 Å². The molecule has 0 N–H and O–H groups in total. The van der Waals surface area contributed by atoms with E-state index in [1.807, 2.05) is 25.7 Å². The molecule has 0 radical (unpaired) electrons. The molecule has 11 nitrogen and oxygen atoms in total. The minimum absolute atomic E-state index is 0.0443. The fourth-order valence-corrected chi connectivity index (χ4v) is 6.35. The van der Waals surface area contributed by atoms with Gasteiger partial charge in [-0.2, -0.15) is 9.97 Å². The molecule has 1 amide bonds. The monoisotopic (exact) mass is 606 g/mol. The van der Waals surface area contributed by atoms with Crippen molar-refractivity contribution in [2.24, 2.45) is 5.92 Å². The van der Waals surface area contributed by atoms with E-state index in [0.29, 0.717) is 43.4 Å². The molecule has 2 bridgehead atoms. The number of fused-ring (bicyclic) bond motifs is 3. The molecule has 13 heteroatoms. The van der Waals surface area contributed by atoms with Crippen LogP contribution >= 0.6 is 11.6 Å². The Labute approximate surface area is 250 Å². The van der Waals surface area contributed by atoms with Crippen LogP contribution < -0.4 is 9.64 Å². The molecule has 42 heavy (non-hydrogen) atoms. The number of aromatic nitrogens is 3. The van der Waals surface area contributed by atoms with Crippen molar-refractivity contribution in [1.29, 1.82) is 0 Å². The molecule has 0 unspecified atom stereocenters. The Morgan fingerprint density at radius 3 is 2.43 bits per heavy atom. The number of esters is 1. The quantitative estimate of drug-likeness (QED) is 0.243. The number of pyridine rings is 1. The molecule has 0 aromatic carbocycles. The summed E-state index contributed by atoms with van der Waals surface area (Å²) < 4.78 is 31.5. The van der Waals surface area contributed by atoms with Gasteiger partial charge in [0, 0.05) is 19.3 Å². The number of hydrogen-bond acceptors (Lipinski definition) is 10. The van der Waals surface area contributed by atoms with Crippen LogP contribution in [0.5, 0.6) is 6.01 Å². The van der Waals surface area contributed by atoms with Crippen molar-refractivity contribution in [2.45, 2.75) is 77.0 Å². The third-order valence-electron chi connectivity index (χ3n) is 8.26. The van der Waals surface area contributed by atoms with Gasteiger partial charge in [0.15, 0.2) is 11.0 Å². The van der Waals surface area contributed by atoms with Crippen LogP contribution in [0.4, 0.5) is 15.0 Å². The molecular weight excluding hydrogens is 567 g/mol. The Morgan fingerprint density at radius 2 is 1.79 bits per heavy atom. The number of halogens is 2. The molecule has 230 valence electrons. The van der Waals surface area contributed by atoms with E-state index in [0.717, 1.165) is 51.6 Å². The van der Waals surface area contributed by atoms with E-state index in [1.54, 1.807) is 0 Å². The van der Waals surface area contributed by atoms with Crippen LogP contribution in [0, 0.1) is 11.7 Å². The fraction of sp³-hybridized carbons (Fsp3) is 0.690. The summed E-state index contributed by atoms with van der Waals surface area (Å²) in [6.07, 6.45) is 6.71. The smallest absolute Gasteiger partial charge is 0.410 e. The minimum Gasteiger partial charge on any atom is -0.468 e. The molecular formula is C29H40ClFN6O5. The number of nitrogens with zero attached hydrogens (tertiary/aromatic N) is 6. The van der Waals surface area contributed by atoms with Gasteiger partial charge in [0.1, 0.15) is 16.9 Å². The first-order valence-corrected chi connectivity index (χ1v) is 15.1. The van der Waals surface area contributed by atoms with E-state index in [-0.39, 0.29) is 40.8 Å². The lowest BCUT2D eigenvalue weighted by Gasteiger charge is -2.42. The average molecular weight is 607 g/mol. The van der Waals surface area contributed by atoms with Gasteiger partial charge >= 0.3 is 18.1 Å². The molecule has 0 aliphatic carbocycles. The SMILES string of the molecule is COC(=O)CN1CCC(CCCOc2nc(N3C[C@H]4CC[C@@H](C3)N4C(=O)OC(C)(C)C)c3cnc(Cl)c(F)c3n2)CC1. The number of carbonyl (C=O) groups is 2. The van der Waals surface area contributed by atoms with Crippen LogP contribution in [-0.2, 0) is 14.3 Å². The Hall–Kier alpha value is -2.99. The van der Waals surface area contributed by atoms with Crippen molar-refractivity contribution in [3.63, 3.8) is 0 Å².